The van der Waals surface area contributed by atoms with Crippen LogP contribution >= 0.6 is 0 Å². The van der Waals surface area contributed by atoms with Gasteiger partial charge < -0.3 is 9.63 Å². The lowest BCUT2D eigenvalue weighted by molar-refractivity contribution is 0.0685. The fourth-order valence-corrected chi connectivity index (χ4v) is 1.28. The number of carboxylic acid groups (broad SMARTS) is 1. The predicted octanol–water partition coefficient (Wildman–Crippen LogP) is 1.64. The summed E-state index contributed by atoms with van der Waals surface area (Å²) in [5.74, 6) is 0.105. The Kier molecular flexibility index (Phi) is 1.60. The Labute approximate surface area is 69.2 Å². The largest absolute Gasteiger partial charge is 0.476 e. The quantitative estimate of drug-likeness (QED) is 0.727. The zero-order valence-corrected chi connectivity index (χ0v) is 6.49. The van der Waals surface area contributed by atoms with E-state index >= 15 is 0 Å². The van der Waals surface area contributed by atoms with Crippen molar-refractivity contribution in [2.24, 2.45) is 0 Å². The first-order chi connectivity index (χ1) is 5.77. The summed E-state index contributed by atoms with van der Waals surface area (Å²) in [5, 5.41) is 12.0. The van der Waals surface area contributed by atoms with Crippen LogP contribution in [0.3, 0.4) is 0 Å². The molecule has 12 heavy (non-hydrogen) atoms. The van der Waals surface area contributed by atoms with E-state index in [1.807, 2.05) is 0 Å². The average molecular weight is 167 g/mol. The predicted molar refractivity (Wildman–Crippen MR) is 40.1 cm³/mol. The number of aromatic carboxylic acids is 1. The van der Waals surface area contributed by atoms with Crippen molar-refractivity contribution in [3.8, 4) is 0 Å². The second-order valence-electron chi connectivity index (χ2n) is 3.05. The molecule has 4 heteroatoms. The molecule has 0 amide bonds. The third kappa shape index (κ3) is 1.09. The van der Waals surface area contributed by atoms with E-state index < -0.39 is 5.97 Å². The summed E-state index contributed by atoms with van der Waals surface area (Å²) in [6, 6.07) is 1.52. The van der Waals surface area contributed by atoms with Gasteiger partial charge in [0.25, 0.3) is 0 Å². The molecule has 4 nitrogen and oxygen atoms in total. The SMILES string of the molecule is O=C(O)c1cc(C2CCC2)on1. The van der Waals surface area contributed by atoms with Gasteiger partial charge in [-0.15, -0.1) is 0 Å². The van der Waals surface area contributed by atoms with Crippen molar-refractivity contribution < 1.29 is 14.4 Å². The molecule has 64 valence electrons. The van der Waals surface area contributed by atoms with Crippen molar-refractivity contribution in [3.63, 3.8) is 0 Å². The Morgan fingerprint density at radius 3 is 2.83 bits per heavy atom. The third-order valence-electron chi connectivity index (χ3n) is 2.26. The standard InChI is InChI=1S/C8H9NO3/c10-8(11)6-4-7(12-9-6)5-2-1-3-5/h4-5H,1-3H2,(H,10,11). The maximum atomic E-state index is 10.4. The first-order valence-corrected chi connectivity index (χ1v) is 3.97. The molecule has 1 fully saturated rings. The summed E-state index contributed by atoms with van der Waals surface area (Å²) >= 11 is 0. The number of carboxylic acids is 1. The fourth-order valence-electron chi connectivity index (χ4n) is 1.28. The van der Waals surface area contributed by atoms with Gasteiger partial charge in [-0.3, -0.25) is 0 Å². The molecule has 0 aromatic carbocycles. The zero-order valence-electron chi connectivity index (χ0n) is 6.49. The Balaban J connectivity index is 2.17. The number of aromatic nitrogens is 1. The number of carbonyl (C=O) groups is 1. The van der Waals surface area contributed by atoms with E-state index in [1.165, 1.54) is 12.5 Å². The number of nitrogens with zero attached hydrogens (tertiary/aromatic N) is 1. The molecule has 0 saturated heterocycles. The Hall–Kier alpha value is -1.32. The van der Waals surface area contributed by atoms with Crippen molar-refractivity contribution in [2.45, 2.75) is 25.2 Å². The summed E-state index contributed by atoms with van der Waals surface area (Å²) in [6.45, 7) is 0. The second-order valence-corrected chi connectivity index (χ2v) is 3.05. The van der Waals surface area contributed by atoms with Crippen LogP contribution in [0, 0.1) is 0 Å². The van der Waals surface area contributed by atoms with Crippen LogP contribution in [0.5, 0.6) is 0 Å². The lowest BCUT2D eigenvalue weighted by Gasteiger charge is -2.21. The fraction of sp³-hybridized carbons (Fsp3) is 0.500. The molecule has 1 aromatic rings. The van der Waals surface area contributed by atoms with Gasteiger partial charge in [-0.05, 0) is 12.8 Å². The van der Waals surface area contributed by atoms with Gasteiger partial charge in [0.15, 0.2) is 5.69 Å². The lowest BCUT2D eigenvalue weighted by atomic mass is 9.83. The molecule has 1 aliphatic carbocycles. The molecule has 0 bridgehead atoms. The minimum Gasteiger partial charge on any atom is -0.476 e. The van der Waals surface area contributed by atoms with Crippen LogP contribution in [-0.2, 0) is 0 Å². The van der Waals surface area contributed by atoms with Crippen LogP contribution in [0.1, 0.15) is 41.4 Å². The highest BCUT2D eigenvalue weighted by atomic mass is 16.5. The molecule has 0 atom stereocenters. The van der Waals surface area contributed by atoms with Crippen LogP contribution in [0.2, 0.25) is 0 Å². The molecule has 0 unspecified atom stereocenters. The molecule has 0 aliphatic heterocycles. The van der Waals surface area contributed by atoms with Crippen LogP contribution in [-0.4, -0.2) is 16.2 Å². The van der Waals surface area contributed by atoms with Gasteiger partial charge in [-0.1, -0.05) is 11.6 Å². The minimum absolute atomic E-state index is 0.0110. The molecular formula is C8H9NO3. The highest BCUT2D eigenvalue weighted by molar-refractivity contribution is 5.85. The zero-order chi connectivity index (χ0) is 8.55. The molecule has 1 N–H and O–H groups in total. The Morgan fingerprint density at radius 2 is 2.42 bits per heavy atom. The van der Waals surface area contributed by atoms with E-state index in [9.17, 15) is 4.79 Å². The van der Waals surface area contributed by atoms with E-state index in [1.54, 1.807) is 0 Å². The molecule has 0 radical (unpaired) electrons. The van der Waals surface area contributed by atoms with Crippen molar-refractivity contribution in [1.29, 1.82) is 0 Å². The lowest BCUT2D eigenvalue weighted by Crippen LogP contribution is -2.07. The molecule has 1 aromatic heterocycles. The molecule has 1 aliphatic rings. The van der Waals surface area contributed by atoms with Crippen molar-refractivity contribution in [3.05, 3.63) is 17.5 Å². The highest BCUT2D eigenvalue weighted by Crippen LogP contribution is 2.36. The highest BCUT2D eigenvalue weighted by Gasteiger charge is 2.24. The molecule has 0 spiro atoms. The van der Waals surface area contributed by atoms with E-state index in [4.69, 9.17) is 9.63 Å². The summed E-state index contributed by atoms with van der Waals surface area (Å²) in [5.41, 5.74) is 0.0110. The number of rotatable bonds is 2. The van der Waals surface area contributed by atoms with Crippen molar-refractivity contribution >= 4 is 5.97 Å². The summed E-state index contributed by atoms with van der Waals surface area (Å²) < 4.78 is 4.90. The van der Waals surface area contributed by atoms with Gasteiger partial charge in [0.2, 0.25) is 0 Å². The summed E-state index contributed by atoms with van der Waals surface area (Å²) in [6.07, 6.45) is 3.39. The van der Waals surface area contributed by atoms with E-state index in [-0.39, 0.29) is 5.69 Å². The van der Waals surface area contributed by atoms with Gasteiger partial charge in [0.05, 0.1) is 0 Å². The third-order valence-corrected chi connectivity index (χ3v) is 2.26. The molecular weight excluding hydrogens is 158 g/mol. The van der Waals surface area contributed by atoms with Crippen molar-refractivity contribution in [1.82, 2.24) is 5.16 Å². The first-order valence-electron chi connectivity index (χ1n) is 3.97. The van der Waals surface area contributed by atoms with E-state index in [0.29, 0.717) is 5.92 Å². The minimum atomic E-state index is -1.02. The van der Waals surface area contributed by atoms with Gasteiger partial charge >= 0.3 is 5.97 Å². The average Bonchev–Trinajstić information content (AvgIpc) is 2.32. The van der Waals surface area contributed by atoms with Crippen LogP contribution in [0.25, 0.3) is 0 Å². The monoisotopic (exact) mass is 167 g/mol. The smallest absolute Gasteiger partial charge is 0.358 e. The van der Waals surface area contributed by atoms with Crippen LogP contribution in [0.15, 0.2) is 10.6 Å². The van der Waals surface area contributed by atoms with Gasteiger partial charge in [0.1, 0.15) is 5.76 Å². The van der Waals surface area contributed by atoms with E-state index in [0.717, 1.165) is 18.6 Å². The van der Waals surface area contributed by atoms with E-state index in [2.05, 4.69) is 5.16 Å². The Morgan fingerprint density at radius 1 is 1.67 bits per heavy atom. The molecule has 1 heterocycles. The van der Waals surface area contributed by atoms with Crippen LogP contribution < -0.4 is 0 Å². The summed E-state index contributed by atoms with van der Waals surface area (Å²) in [7, 11) is 0. The summed E-state index contributed by atoms with van der Waals surface area (Å²) in [4.78, 5) is 10.4. The number of hydrogen-bond donors (Lipinski definition) is 1. The second kappa shape index (κ2) is 2.62. The normalized spacial score (nSPS) is 17.3. The van der Waals surface area contributed by atoms with Gasteiger partial charge in [-0.25, -0.2) is 4.79 Å². The van der Waals surface area contributed by atoms with Crippen LogP contribution in [0.4, 0.5) is 0 Å². The van der Waals surface area contributed by atoms with Crippen molar-refractivity contribution in [2.75, 3.05) is 0 Å². The Bertz CT molecular complexity index is 301. The molecule has 2 rings (SSSR count). The van der Waals surface area contributed by atoms with Gasteiger partial charge in [0, 0.05) is 12.0 Å². The number of hydrogen-bond acceptors (Lipinski definition) is 3. The topological polar surface area (TPSA) is 63.3 Å². The maximum absolute atomic E-state index is 10.4. The first kappa shape index (κ1) is 7.34. The molecule has 1 saturated carbocycles. The maximum Gasteiger partial charge on any atom is 0.358 e. The van der Waals surface area contributed by atoms with Gasteiger partial charge in [-0.2, -0.15) is 0 Å².